The average molecular weight is 314 g/mol. The smallest absolute Gasteiger partial charge is 0.189 e. The molecular formula is C19H30N4. The van der Waals surface area contributed by atoms with Gasteiger partial charge in [-0.25, -0.2) is 4.99 Å². The summed E-state index contributed by atoms with van der Waals surface area (Å²) >= 11 is 0. The van der Waals surface area contributed by atoms with Crippen molar-refractivity contribution in [1.82, 2.24) is 10.2 Å². The van der Waals surface area contributed by atoms with Crippen molar-refractivity contribution < 1.29 is 0 Å². The van der Waals surface area contributed by atoms with Crippen LogP contribution in [0.2, 0.25) is 0 Å². The second-order valence-corrected chi connectivity index (χ2v) is 7.10. The summed E-state index contributed by atoms with van der Waals surface area (Å²) in [7, 11) is 2.26. The maximum absolute atomic E-state index is 5.96. The zero-order valence-electron chi connectivity index (χ0n) is 14.3. The topological polar surface area (TPSA) is 53.6 Å². The SMILES string of the molecule is CN(Cc1ccccc1CN=C(N)NC1CC1)C1CCCCC1. The monoisotopic (exact) mass is 314 g/mol. The second-order valence-electron chi connectivity index (χ2n) is 7.10. The molecule has 2 aliphatic rings. The zero-order valence-corrected chi connectivity index (χ0v) is 14.3. The molecule has 0 saturated heterocycles. The number of guanidine groups is 1. The highest BCUT2D eigenvalue weighted by Crippen LogP contribution is 2.24. The standard InChI is InChI=1S/C19H30N4/c1-23(18-9-3-2-4-10-18)14-16-8-6-5-7-15(16)13-21-19(20)22-17-11-12-17/h5-8,17-18H,2-4,9-14H2,1H3,(H3,20,21,22). The minimum atomic E-state index is 0.562. The molecule has 0 radical (unpaired) electrons. The molecule has 2 aliphatic carbocycles. The predicted octanol–water partition coefficient (Wildman–Crippen LogP) is 3.02. The van der Waals surface area contributed by atoms with Gasteiger partial charge in [-0.2, -0.15) is 0 Å². The fraction of sp³-hybridized carbons (Fsp3) is 0.632. The number of rotatable bonds is 6. The molecule has 0 spiro atoms. The van der Waals surface area contributed by atoms with Gasteiger partial charge in [0.15, 0.2) is 5.96 Å². The van der Waals surface area contributed by atoms with Crippen LogP contribution in [0.25, 0.3) is 0 Å². The Morgan fingerprint density at radius 3 is 2.52 bits per heavy atom. The van der Waals surface area contributed by atoms with Gasteiger partial charge in [-0.15, -0.1) is 0 Å². The van der Waals surface area contributed by atoms with Crippen molar-refractivity contribution >= 4 is 5.96 Å². The summed E-state index contributed by atoms with van der Waals surface area (Å²) in [6, 6.07) is 9.93. The van der Waals surface area contributed by atoms with E-state index in [1.54, 1.807) is 0 Å². The van der Waals surface area contributed by atoms with Gasteiger partial charge in [0.1, 0.15) is 0 Å². The average Bonchev–Trinajstić information content (AvgIpc) is 3.39. The minimum absolute atomic E-state index is 0.562. The van der Waals surface area contributed by atoms with Gasteiger partial charge in [0, 0.05) is 18.6 Å². The quantitative estimate of drug-likeness (QED) is 0.627. The summed E-state index contributed by atoms with van der Waals surface area (Å²) in [4.78, 5) is 7.04. The van der Waals surface area contributed by atoms with E-state index in [2.05, 4.69) is 46.5 Å². The molecule has 2 fully saturated rings. The highest BCUT2D eigenvalue weighted by Gasteiger charge is 2.21. The Morgan fingerprint density at radius 2 is 1.83 bits per heavy atom. The van der Waals surface area contributed by atoms with E-state index in [0.717, 1.165) is 12.6 Å². The van der Waals surface area contributed by atoms with Crippen LogP contribution < -0.4 is 11.1 Å². The third-order valence-electron chi connectivity index (χ3n) is 5.09. The molecule has 4 nitrogen and oxygen atoms in total. The van der Waals surface area contributed by atoms with Crippen molar-refractivity contribution in [3.05, 3.63) is 35.4 Å². The Balaban J connectivity index is 1.60. The third kappa shape index (κ3) is 4.96. The van der Waals surface area contributed by atoms with Crippen LogP contribution in [0.4, 0.5) is 0 Å². The van der Waals surface area contributed by atoms with Gasteiger partial charge >= 0.3 is 0 Å². The molecule has 3 N–H and O–H groups in total. The third-order valence-corrected chi connectivity index (χ3v) is 5.09. The zero-order chi connectivity index (χ0) is 16.1. The maximum atomic E-state index is 5.96. The summed E-state index contributed by atoms with van der Waals surface area (Å²) in [6.45, 7) is 1.67. The van der Waals surface area contributed by atoms with Gasteiger partial charge in [0.05, 0.1) is 6.54 Å². The Hall–Kier alpha value is -1.55. The Kier molecular flexibility index (Phi) is 5.55. The molecule has 4 heteroatoms. The van der Waals surface area contributed by atoms with Gasteiger partial charge in [-0.3, -0.25) is 4.90 Å². The first-order valence-corrected chi connectivity index (χ1v) is 9.06. The number of hydrogen-bond donors (Lipinski definition) is 2. The highest BCUT2D eigenvalue weighted by atomic mass is 15.1. The van der Waals surface area contributed by atoms with E-state index in [1.165, 1.54) is 56.1 Å². The van der Waals surface area contributed by atoms with E-state index in [1.807, 2.05) is 0 Å². The van der Waals surface area contributed by atoms with Crippen molar-refractivity contribution in [2.24, 2.45) is 10.7 Å². The van der Waals surface area contributed by atoms with Crippen molar-refractivity contribution in [2.45, 2.75) is 70.1 Å². The van der Waals surface area contributed by atoms with Crippen LogP contribution >= 0.6 is 0 Å². The van der Waals surface area contributed by atoms with Crippen LogP contribution in [0, 0.1) is 0 Å². The summed E-state index contributed by atoms with van der Waals surface area (Å²) in [5, 5.41) is 3.25. The van der Waals surface area contributed by atoms with E-state index in [0.29, 0.717) is 18.5 Å². The molecular weight excluding hydrogens is 284 g/mol. The van der Waals surface area contributed by atoms with Crippen molar-refractivity contribution in [3.63, 3.8) is 0 Å². The molecule has 0 aromatic heterocycles. The van der Waals surface area contributed by atoms with Crippen molar-refractivity contribution in [3.8, 4) is 0 Å². The number of nitrogens with two attached hydrogens (primary N) is 1. The molecule has 126 valence electrons. The molecule has 1 aromatic carbocycles. The molecule has 0 heterocycles. The number of hydrogen-bond acceptors (Lipinski definition) is 2. The summed E-state index contributed by atoms with van der Waals surface area (Å²) < 4.78 is 0. The summed E-state index contributed by atoms with van der Waals surface area (Å²) in [5.41, 5.74) is 8.63. The van der Waals surface area contributed by atoms with Crippen LogP contribution in [0.15, 0.2) is 29.3 Å². The summed E-state index contributed by atoms with van der Waals surface area (Å²) in [6.07, 6.45) is 9.29. The Morgan fingerprint density at radius 1 is 1.13 bits per heavy atom. The van der Waals surface area contributed by atoms with Crippen LogP contribution in [-0.4, -0.2) is 30.0 Å². The molecule has 0 unspecified atom stereocenters. The number of nitrogens with zero attached hydrogens (tertiary/aromatic N) is 2. The first-order chi connectivity index (χ1) is 11.2. The molecule has 23 heavy (non-hydrogen) atoms. The molecule has 0 amide bonds. The van der Waals surface area contributed by atoms with Gasteiger partial charge < -0.3 is 11.1 Å². The van der Waals surface area contributed by atoms with Gasteiger partial charge in [-0.1, -0.05) is 43.5 Å². The fourth-order valence-electron chi connectivity index (χ4n) is 3.44. The predicted molar refractivity (Wildman–Crippen MR) is 96.3 cm³/mol. The van der Waals surface area contributed by atoms with Gasteiger partial charge in [-0.05, 0) is 43.9 Å². The Labute approximate surface area is 140 Å². The van der Waals surface area contributed by atoms with E-state index in [-0.39, 0.29) is 0 Å². The van der Waals surface area contributed by atoms with Crippen LogP contribution in [0.1, 0.15) is 56.1 Å². The molecule has 3 rings (SSSR count). The van der Waals surface area contributed by atoms with Gasteiger partial charge in [0.2, 0.25) is 0 Å². The number of nitrogens with one attached hydrogen (secondary N) is 1. The largest absolute Gasteiger partial charge is 0.370 e. The number of aliphatic imine (C=N–C) groups is 1. The normalized spacial score (nSPS) is 20.0. The first-order valence-electron chi connectivity index (χ1n) is 9.06. The molecule has 0 atom stereocenters. The van der Waals surface area contributed by atoms with Crippen LogP contribution in [-0.2, 0) is 13.1 Å². The van der Waals surface area contributed by atoms with E-state index in [9.17, 15) is 0 Å². The highest BCUT2D eigenvalue weighted by molar-refractivity contribution is 5.78. The molecule has 0 aliphatic heterocycles. The lowest BCUT2D eigenvalue weighted by Crippen LogP contribution is -2.33. The molecule has 1 aromatic rings. The minimum Gasteiger partial charge on any atom is -0.370 e. The summed E-state index contributed by atoms with van der Waals surface area (Å²) in [5.74, 6) is 0.586. The maximum Gasteiger partial charge on any atom is 0.189 e. The van der Waals surface area contributed by atoms with Crippen molar-refractivity contribution in [1.29, 1.82) is 0 Å². The van der Waals surface area contributed by atoms with Crippen molar-refractivity contribution in [2.75, 3.05) is 7.05 Å². The van der Waals surface area contributed by atoms with E-state index < -0.39 is 0 Å². The van der Waals surface area contributed by atoms with Crippen LogP contribution in [0.5, 0.6) is 0 Å². The Bertz CT molecular complexity index is 530. The van der Waals surface area contributed by atoms with Crippen LogP contribution in [0.3, 0.4) is 0 Å². The molecule has 2 saturated carbocycles. The van der Waals surface area contributed by atoms with E-state index >= 15 is 0 Å². The van der Waals surface area contributed by atoms with Gasteiger partial charge in [0.25, 0.3) is 0 Å². The fourth-order valence-corrected chi connectivity index (χ4v) is 3.44. The second kappa shape index (κ2) is 7.82. The lowest BCUT2D eigenvalue weighted by atomic mass is 9.94. The lowest BCUT2D eigenvalue weighted by molar-refractivity contribution is 0.184. The number of benzene rings is 1. The first kappa shape index (κ1) is 16.3. The lowest BCUT2D eigenvalue weighted by Gasteiger charge is -2.31. The molecule has 0 bridgehead atoms. The van der Waals surface area contributed by atoms with E-state index in [4.69, 9.17) is 5.73 Å².